The van der Waals surface area contributed by atoms with E-state index in [0.29, 0.717) is 0 Å². The highest BCUT2D eigenvalue weighted by atomic mass is 16.5. The molecule has 0 saturated heterocycles. The highest BCUT2D eigenvalue weighted by molar-refractivity contribution is 5.79. The van der Waals surface area contributed by atoms with Crippen molar-refractivity contribution in [2.75, 3.05) is 26.8 Å². The number of ether oxygens (including phenoxy) is 1. The van der Waals surface area contributed by atoms with Crippen LogP contribution in [-0.2, 0) is 17.7 Å². The zero-order valence-electron chi connectivity index (χ0n) is 13.7. The smallest absolute Gasteiger partial charge is 0.191 e. The predicted octanol–water partition coefficient (Wildman–Crippen LogP) is 2.65. The minimum absolute atomic E-state index is 0.760. The van der Waals surface area contributed by atoms with Gasteiger partial charge < -0.3 is 15.4 Å². The Morgan fingerprint density at radius 2 is 2.05 bits per heavy atom. The van der Waals surface area contributed by atoms with Crippen LogP contribution in [0.3, 0.4) is 0 Å². The average Bonchev–Trinajstić information content (AvgIpc) is 2.59. The molecule has 0 aliphatic carbocycles. The molecule has 0 unspecified atom stereocenters. The van der Waals surface area contributed by atoms with Crippen molar-refractivity contribution in [2.24, 2.45) is 4.99 Å². The molecule has 22 heavy (non-hydrogen) atoms. The van der Waals surface area contributed by atoms with Crippen LogP contribution in [-0.4, -0.2) is 32.8 Å². The molecule has 0 radical (unpaired) electrons. The van der Waals surface area contributed by atoms with Gasteiger partial charge in [-0.15, -0.1) is 0 Å². The molecule has 4 nitrogen and oxygen atoms in total. The molecule has 0 fully saturated rings. The fraction of sp³-hybridized carbons (Fsp3) is 0.500. The fourth-order valence-corrected chi connectivity index (χ4v) is 2.61. The maximum atomic E-state index is 5.32. The number of nitrogens with zero attached hydrogens (tertiary/aromatic N) is 1. The normalized spacial score (nSPS) is 15.4. The first-order chi connectivity index (χ1) is 10.8. The van der Waals surface area contributed by atoms with Gasteiger partial charge >= 0.3 is 0 Å². The van der Waals surface area contributed by atoms with Crippen LogP contribution in [0, 0.1) is 0 Å². The van der Waals surface area contributed by atoms with Gasteiger partial charge in [0, 0.05) is 20.1 Å². The largest absolute Gasteiger partial charge is 0.377 e. The Morgan fingerprint density at radius 3 is 2.73 bits per heavy atom. The van der Waals surface area contributed by atoms with Gasteiger partial charge in [0.15, 0.2) is 5.96 Å². The number of benzene rings is 1. The lowest BCUT2D eigenvalue weighted by Gasteiger charge is -2.16. The first kappa shape index (κ1) is 16.6. The molecular weight excluding hydrogens is 274 g/mol. The lowest BCUT2D eigenvalue weighted by Crippen LogP contribution is -2.37. The maximum absolute atomic E-state index is 5.32. The number of aryl methyl sites for hydroxylation is 1. The molecule has 1 aromatic rings. The molecule has 1 aliphatic rings. The minimum atomic E-state index is 0.760. The molecule has 0 spiro atoms. The molecule has 4 heteroatoms. The van der Waals surface area contributed by atoms with E-state index in [1.54, 1.807) is 0 Å². The molecule has 120 valence electrons. The number of hydrogen-bond donors (Lipinski definition) is 2. The summed E-state index contributed by atoms with van der Waals surface area (Å²) in [7, 11) is 1.81. The molecule has 0 atom stereocenters. The van der Waals surface area contributed by atoms with Crippen molar-refractivity contribution in [1.82, 2.24) is 10.6 Å². The Bertz CT molecular complexity index is 523. The third-order valence-corrected chi connectivity index (χ3v) is 3.97. The van der Waals surface area contributed by atoms with E-state index in [1.807, 2.05) is 7.05 Å². The monoisotopic (exact) mass is 301 g/mol. The third-order valence-electron chi connectivity index (χ3n) is 3.97. The van der Waals surface area contributed by atoms with Crippen LogP contribution in [0.1, 0.15) is 30.9 Å². The molecule has 2 rings (SSSR count). The summed E-state index contributed by atoms with van der Waals surface area (Å²) in [5, 5.41) is 6.77. The van der Waals surface area contributed by atoms with Crippen LogP contribution >= 0.6 is 0 Å². The predicted molar refractivity (Wildman–Crippen MR) is 92.2 cm³/mol. The molecule has 2 N–H and O–H groups in total. The fourth-order valence-electron chi connectivity index (χ4n) is 2.61. The molecule has 0 amide bonds. The average molecular weight is 301 g/mol. The van der Waals surface area contributed by atoms with Crippen molar-refractivity contribution in [3.8, 4) is 0 Å². The molecular formula is C18H27N3O. The summed E-state index contributed by atoms with van der Waals surface area (Å²) in [6, 6.07) is 8.54. The van der Waals surface area contributed by atoms with Gasteiger partial charge in [-0.3, -0.25) is 4.99 Å². The summed E-state index contributed by atoms with van der Waals surface area (Å²) in [5.74, 6) is 0.860. The first-order valence-electron chi connectivity index (χ1n) is 8.10. The Labute approximate surface area is 133 Å². The van der Waals surface area contributed by atoms with Crippen molar-refractivity contribution < 1.29 is 4.74 Å². The highest BCUT2D eigenvalue weighted by Crippen LogP contribution is 2.11. The SMILES string of the molecule is CCc1ccccc1CNC(=NC)NCCC1=CCOCC1. The van der Waals surface area contributed by atoms with E-state index in [-0.39, 0.29) is 0 Å². The minimum Gasteiger partial charge on any atom is -0.377 e. The van der Waals surface area contributed by atoms with Crippen LogP contribution in [0.15, 0.2) is 40.9 Å². The second kappa shape index (κ2) is 9.26. The van der Waals surface area contributed by atoms with Gasteiger partial charge in [0.1, 0.15) is 0 Å². The van der Waals surface area contributed by atoms with Gasteiger partial charge in [0.2, 0.25) is 0 Å². The van der Waals surface area contributed by atoms with Gasteiger partial charge in [-0.1, -0.05) is 42.8 Å². The highest BCUT2D eigenvalue weighted by Gasteiger charge is 2.05. The van der Waals surface area contributed by atoms with Crippen molar-refractivity contribution in [1.29, 1.82) is 0 Å². The quantitative estimate of drug-likeness (QED) is 0.482. The Morgan fingerprint density at radius 1 is 1.23 bits per heavy atom. The van der Waals surface area contributed by atoms with E-state index in [2.05, 4.69) is 52.9 Å². The second-order valence-electron chi connectivity index (χ2n) is 5.41. The van der Waals surface area contributed by atoms with Gasteiger partial charge in [0.25, 0.3) is 0 Å². The standard InChI is InChI=1S/C18H27N3O/c1-3-16-6-4-5-7-17(16)14-21-18(19-2)20-11-8-15-9-12-22-13-10-15/h4-7,9H,3,8,10-14H2,1-2H3,(H2,19,20,21). The van der Waals surface area contributed by atoms with Crippen LogP contribution < -0.4 is 10.6 Å². The van der Waals surface area contributed by atoms with Crippen molar-refractivity contribution in [3.63, 3.8) is 0 Å². The Kier molecular flexibility index (Phi) is 6.97. The van der Waals surface area contributed by atoms with Gasteiger partial charge in [0.05, 0.1) is 13.2 Å². The summed E-state index contributed by atoms with van der Waals surface area (Å²) in [4.78, 5) is 4.29. The van der Waals surface area contributed by atoms with Crippen LogP contribution in [0.4, 0.5) is 0 Å². The van der Waals surface area contributed by atoms with Gasteiger partial charge in [-0.25, -0.2) is 0 Å². The van der Waals surface area contributed by atoms with E-state index in [0.717, 1.165) is 51.5 Å². The zero-order chi connectivity index (χ0) is 15.6. The third kappa shape index (κ3) is 5.19. The topological polar surface area (TPSA) is 45.7 Å². The summed E-state index contributed by atoms with van der Waals surface area (Å²) >= 11 is 0. The number of hydrogen-bond acceptors (Lipinski definition) is 2. The van der Waals surface area contributed by atoms with Gasteiger partial charge in [-0.2, -0.15) is 0 Å². The molecule has 0 aromatic heterocycles. The molecule has 1 aliphatic heterocycles. The van der Waals surface area contributed by atoms with Crippen molar-refractivity contribution >= 4 is 5.96 Å². The zero-order valence-corrected chi connectivity index (χ0v) is 13.7. The summed E-state index contributed by atoms with van der Waals surface area (Å²) in [6.07, 6.45) is 5.35. The summed E-state index contributed by atoms with van der Waals surface area (Å²) in [6.45, 7) is 5.51. The Balaban J connectivity index is 1.76. The van der Waals surface area contributed by atoms with Crippen LogP contribution in [0.5, 0.6) is 0 Å². The van der Waals surface area contributed by atoms with E-state index < -0.39 is 0 Å². The van der Waals surface area contributed by atoms with Crippen LogP contribution in [0.25, 0.3) is 0 Å². The number of aliphatic imine (C=N–C) groups is 1. The lowest BCUT2D eigenvalue weighted by molar-refractivity contribution is 0.153. The summed E-state index contributed by atoms with van der Waals surface area (Å²) in [5.41, 5.74) is 4.20. The Hall–Kier alpha value is -1.81. The summed E-state index contributed by atoms with van der Waals surface area (Å²) < 4.78 is 5.32. The van der Waals surface area contributed by atoms with E-state index in [1.165, 1.54) is 16.7 Å². The second-order valence-corrected chi connectivity index (χ2v) is 5.41. The first-order valence-corrected chi connectivity index (χ1v) is 8.10. The molecule has 1 heterocycles. The van der Waals surface area contributed by atoms with Crippen molar-refractivity contribution in [2.45, 2.75) is 32.7 Å². The van der Waals surface area contributed by atoms with E-state index in [9.17, 15) is 0 Å². The number of rotatable bonds is 6. The maximum Gasteiger partial charge on any atom is 0.191 e. The molecule has 0 saturated carbocycles. The van der Waals surface area contributed by atoms with E-state index >= 15 is 0 Å². The number of guanidine groups is 1. The molecule has 1 aromatic carbocycles. The van der Waals surface area contributed by atoms with Crippen molar-refractivity contribution in [3.05, 3.63) is 47.0 Å². The van der Waals surface area contributed by atoms with E-state index in [4.69, 9.17) is 4.74 Å². The van der Waals surface area contributed by atoms with Crippen LogP contribution in [0.2, 0.25) is 0 Å². The molecule has 0 bridgehead atoms. The van der Waals surface area contributed by atoms with Gasteiger partial charge in [-0.05, 0) is 30.4 Å². The lowest BCUT2D eigenvalue weighted by atomic mass is 10.1. The number of nitrogens with one attached hydrogen (secondary N) is 2.